The fraction of sp³-hybridized carbons (Fsp3) is 0.278. The van der Waals surface area contributed by atoms with Gasteiger partial charge in [0.25, 0.3) is 11.8 Å². The van der Waals surface area contributed by atoms with Crippen molar-refractivity contribution in [3.63, 3.8) is 0 Å². The maximum Gasteiger partial charge on any atom is 0.273 e. The van der Waals surface area contributed by atoms with Crippen LogP contribution in [0.4, 0.5) is 0 Å². The minimum absolute atomic E-state index is 0.105. The maximum absolute atomic E-state index is 12.2. The molecule has 9 heteroatoms. The zero-order valence-corrected chi connectivity index (χ0v) is 16.8. The molecule has 27 heavy (non-hydrogen) atoms. The van der Waals surface area contributed by atoms with E-state index in [-0.39, 0.29) is 18.2 Å². The van der Waals surface area contributed by atoms with E-state index in [2.05, 4.69) is 15.6 Å². The summed E-state index contributed by atoms with van der Waals surface area (Å²) < 4.78 is 6.31. The molecule has 0 atom stereocenters. The van der Waals surface area contributed by atoms with Crippen LogP contribution in [-0.2, 0) is 25.8 Å². The van der Waals surface area contributed by atoms with Crippen molar-refractivity contribution < 1.29 is 19.2 Å². The number of oxime groups is 2. The quantitative estimate of drug-likeness (QED) is 0.411. The van der Waals surface area contributed by atoms with Crippen molar-refractivity contribution in [3.8, 4) is 0 Å². The molecule has 0 radical (unpaired) electrons. The highest BCUT2D eigenvalue weighted by Gasteiger charge is 2.21. The van der Waals surface area contributed by atoms with Gasteiger partial charge in [0.1, 0.15) is 7.11 Å². The molecule has 0 unspecified atom stereocenters. The highest BCUT2D eigenvalue weighted by Crippen LogP contribution is 2.22. The standard InChI is InChI=1S/C18H20ClN3O4S/c1-4-25-18(22-26-11-12-9-10-15(19)27-12)14-8-6-5-7-13(14)16(21-24-3)17(23)20-2/h5-10H,4,11H2,1-3H3,(H,20,23)/b21-16+,22-18+. The monoisotopic (exact) mass is 409 g/mol. The lowest BCUT2D eigenvalue weighted by Crippen LogP contribution is -2.30. The summed E-state index contributed by atoms with van der Waals surface area (Å²) in [4.78, 5) is 23.4. The van der Waals surface area contributed by atoms with Crippen molar-refractivity contribution in [1.82, 2.24) is 5.32 Å². The Morgan fingerprint density at radius 3 is 2.52 bits per heavy atom. The second kappa shape index (κ2) is 10.5. The number of nitrogens with one attached hydrogen (secondary N) is 1. The lowest BCUT2D eigenvalue weighted by Gasteiger charge is -2.13. The molecule has 1 aromatic carbocycles. The molecule has 1 amide bonds. The topological polar surface area (TPSA) is 81.5 Å². The number of carbonyl (C=O) groups is 1. The van der Waals surface area contributed by atoms with E-state index >= 15 is 0 Å². The van der Waals surface area contributed by atoms with Gasteiger partial charge in [0.15, 0.2) is 12.3 Å². The number of hydrogen-bond donors (Lipinski definition) is 1. The summed E-state index contributed by atoms with van der Waals surface area (Å²) in [5.74, 6) is -0.155. The van der Waals surface area contributed by atoms with Gasteiger partial charge in [-0.25, -0.2) is 0 Å². The zero-order valence-electron chi connectivity index (χ0n) is 15.2. The molecule has 1 N–H and O–H groups in total. The molecule has 1 aromatic heterocycles. The minimum atomic E-state index is -0.394. The number of thiophene rings is 1. The van der Waals surface area contributed by atoms with Crippen LogP contribution in [0.25, 0.3) is 0 Å². The average Bonchev–Trinajstić information content (AvgIpc) is 3.10. The van der Waals surface area contributed by atoms with Crippen LogP contribution in [0.3, 0.4) is 0 Å². The Hall–Kier alpha value is -2.58. The van der Waals surface area contributed by atoms with E-state index in [1.54, 1.807) is 30.3 Å². The first-order valence-electron chi connectivity index (χ1n) is 8.10. The first-order valence-corrected chi connectivity index (χ1v) is 9.30. The van der Waals surface area contributed by atoms with Gasteiger partial charge in [-0.3, -0.25) is 4.79 Å². The first kappa shape index (κ1) is 20.7. The number of amides is 1. The Morgan fingerprint density at radius 2 is 1.93 bits per heavy atom. The largest absolute Gasteiger partial charge is 0.475 e. The lowest BCUT2D eigenvalue weighted by atomic mass is 10.0. The van der Waals surface area contributed by atoms with Crippen molar-refractivity contribution in [1.29, 1.82) is 0 Å². The summed E-state index contributed by atoms with van der Waals surface area (Å²) in [5.41, 5.74) is 1.17. The third kappa shape index (κ3) is 5.70. The Labute approximate surface area is 166 Å². The van der Waals surface area contributed by atoms with E-state index in [0.717, 1.165) is 4.88 Å². The minimum Gasteiger partial charge on any atom is -0.475 e. The Kier molecular flexibility index (Phi) is 8.09. The molecule has 0 fully saturated rings. The van der Waals surface area contributed by atoms with E-state index in [9.17, 15) is 4.79 Å². The van der Waals surface area contributed by atoms with Crippen LogP contribution in [0.2, 0.25) is 4.34 Å². The zero-order chi connectivity index (χ0) is 19.6. The summed E-state index contributed by atoms with van der Waals surface area (Å²) in [6, 6.07) is 10.8. The smallest absolute Gasteiger partial charge is 0.273 e. The maximum atomic E-state index is 12.2. The second-order valence-corrected chi connectivity index (χ2v) is 6.86. The molecule has 0 aliphatic rings. The van der Waals surface area contributed by atoms with E-state index < -0.39 is 5.91 Å². The van der Waals surface area contributed by atoms with Gasteiger partial charge in [-0.1, -0.05) is 35.0 Å². The van der Waals surface area contributed by atoms with Gasteiger partial charge in [-0.05, 0) is 30.3 Å². The fourth-order valence-electron chi connectivity index (χ4n) is 2.17. The predicted molar refractivity (Wildman–Crippen MR) is 106 cm³/mol. The molecular weight excluding hydrogens is 390 g/mol. The third-order valence-electron chi connectivity index (χ3n) is 3.30. The number of nitrogens with zero attached hydrogens (tertiary/aromatic N) is 2. The summed E-state index contributed by atoms with van der Waals surface area (Å²) in [5, 5.41) is 10.5. The summed E-state index contributed by atoms with van der Waals surface area (Å²) in [7, 11) is 2.89. The average molecular weight is 410 g/mol. The van der Waals surface area contributed by atoms with Crippen LogP contribution in [-0.4, -0.2) is 38.3 Å². The summed E-state index contributed by atoms with van der Waals surface area (Å²) in [6.07, 6.45) is 0. The highest BCUT2D eigenvalue weighted by atomic mass is 35.5. The number of likely N-dealkylation sites (N-methyl/N-ethyl adjacent to an activating group) is 1. The SMILES string of the molecule is CCO/C(=N/OCc1ccc(Cl)s1)c1ccccc1/C(=N\OC)C(=O)NC. The third-order valence-corrected chi connectivity index (χ3v) is 4.51. The van der Waals surface area contributed by atoms with Crippen molar-refractivity contribution in [2.75, 3.05) is 20.8 Å². The summed E-state index contributed by atoms with van der Waals surface area (Å²) >= 11 is 7.33. The molecule has 2 rings (SSSR count). The number of rotatable bonds is 8. The molecule has 0 saturated carbocycles. The van der Waals surface area contributed by atoms with Crippen LogP contribution >= 0.6 is 22.9 Å². The Bertz CT molecular complexity index is 836. The number of ether oxygens (including phenoxy) is 1. The van der Waals surface area contributed by atoms with Gasteiger partial charge in [0.2, 0.25) is 0 Å². The Balaban J connectivity index is 2.34. The summed E-state index contributed by atoms with van der Waals surface area (Å²) in [6.45, 7) is 2.46. The van der Waals surface area contributed by atoms with E-state index in [4.69, 9.17) is 26.0 Å². The van der Waals surface area contributed by atoms with Gasteiger partial charge in [0, 0.05) is 23.1 Å². The number of hydrogen-bond acceptors (Lipinski definition) is 7. The lowest BCUT2D eigenvalue weighted by molar-refractivity contribution is -0.114. The molecule has 0 aliphatic carbocycles. The molecule has 1 heterocycles. The van der Waals surface area contributed by atoms with Crippen LogP contribution in [0, 0.1) is 0 Å². The van der Waals surface area contributed by atoms with Gasteiger partial charge >= 0.3 is 0 Å². The number of halogens is 1. The van der Waals surface area contributed by atoms with Gasteiger partial charge in [-0.2, -0.15) is 0 Å². The molecule has 0 aliphatic heterocycles. The van der Waals surface area contributed by atoms with Gasteiger partial charge < -0.3 is 19.7 Å². The van der Waals surface area contributed by atoms with Gasteiger partial charge in [-0.15, -0.1) is 11.3 Å². The van der Waals surface area contributed by atoms with Crippen LogP contribution in [0.5, 0.6) is 0 Å². The van der Waals surface area contributed by atoms with Crippen LogP contribution in [0.1, 0.15) is 22.9 Å². The van der Waals surface area contributed by atoms with Gasteiger partial charge in [0.05, 0.1) is 10.9 Å². The van der Waals surface area contributed by atoms with Crippen molar-refractivity contribution >= 4 is 40.5 Å². The van der Waals surface area contributed by atoms with E-state index in [1.807, 2.05) is 13.0 Å². The molecule has 144 valence electrons. The number of carbonyl (C=O) groups excluding carboxylic acids is 1. The molecule has 0 saturated heterocycles. The predicted octanol–water partition coefficient (Wildman–Crippen LogP) is 3.41. The fourth-order valence-corrected chi connectivity index (χ4v) is 3.17. The molecular formula is C18H20ClN3O4S. The van der Waals surface area contributed by atoms with E-state index in [1.165, 1.54) is 25.5 Å². The Morgan fingerprint density at radius 1 is 1.19 bits per heavy atom. The van der Waals surface area contributed by atoms with Crippen molar-refractivity contribution in [2.45, 2.75) is 13.5 Å². The normalized spacial score (nSPS) is 11.9. The van der Waals surface area contributed by atoms with Crippen molar-refractivity contribution in [3.05, 3.63) is 56.7 Å². The molecule has 0 spiro atoms. The number of benzene rings is 1. The highest BCUT2D eigenvalue weighted by molar-refractivity contribution is 7.16. The molecule has 0 bridgehead atoms. The first-order chi connectivity index (χ1) is 13.1. The van der Waals surface area contributed by atoms with Crippen molar-refractivity contribution in [2.24, 2.45) is 10.3 Å². The molecule has 7 nitrogen and oxygen atoms in total. The second-order valence-electron chi connectivity index (χ2n) is 5.06. The van der Waals surface area contributed by atoms with E-state index in [0.29, 0.717) is 22.1 Å². The molecule has 2 aromatic rings. The van der Waals surface area contributed by atoms with Crippen LogP contribution in [0.15, 0.2) is 46.7 Å². The van der Waals surface area contributed by atoms with Crippen LogP contribution < -0.4 is 5.32 Å².